The Morgan fingerprint density at radius 3 is 1.81 bits per heavy atom. The Bertz CT molecular complexity index is 1810. The molecule has 1 N–H and O–H groups in total. The van der Waals surface area contributed by atoms with Crippen LogP contribution in [-0.2, 0) is 28.4 Å². The van der Waals surface area contributed by atoms with Crippen molar-refractivity contribution in [2.75, 3.05) is 13.7 Å². The standard InChI is InChI=1S/C37H34N2O7Se/c1-44-35(41)23-22-31(46-34(39-25-24-33(40)38-36(39)42)27-47(43)32-20-12-5-13-21-32)26-45-37(28-14-6-2-7-15-28,29-16-8-3-9-17-29)30-18-10-4-11-19-30/h2-25,31,34H,26-27H2,1H3,(H,38,40,42)/b23-22-/t31-,34+,47?/m0/s1. The second kappa shape index (κ2) is 16.0. The van der Waals surface area contributed by atoms with Crippen molar-refractivity contribution in [1.29, 1.82) is 0 Å². The Hall–Kier alpha value is -4.99. The number of benzene rings is 4. The fraction of sp³-hybridized carbons (Fsp3) is 0.162. The third kappa shape index (κ3) is 8.24. The molecule has 0 fully saturated rings. The summed E-state index contributed by atoms with van der Waals surface area (Å²) < 4.78 is 33.7. The van der Waals surface area contributed by atoms with Gasteiger partial charge in [-0.1, -0.05) is 0 Å². The van der Waals surface area contributed by atoms with E-state index in [-0.39, 0.29) is 11.9 Å². The van der Waals surface area contributed by atoms with Crippen molar-refractivity contribution in [1.82, 2.24) is 9.55 Å². The molecule has 0 spiro atoms. The third-order valence-electron chi connectivity index (χ3n) is 7.45. The van der Waals surface area contributed by atoms with Crippen LogP contribution in [0.2, 0.25) is 5.32 Å². The Morgan fingerprint density at radius 1 is 0.809 bits per heavy atom. The van der Waals surface area contributed by atoms with Gasteiger partial charge in [-0.25, -0.2) is 0 Å². The van der Waals surface area contributed by atoms with E-state index in [0.717, 1.165) is 16.7 Å². The van der Waals surface area contributed by atoms with E-state index < -0.39 is 49.0 Å². The molecule has 1 aromatic heterocycles. The molecule has 10 heteroatoms. The van der Waals surface area contributed by atoms with E-state index in [4.69, 9.17) is 14.2 Å². The normalized spacial score (nSPS) is 13.6. The number of nitrogens with zero attached hydrogens (tertiary/aromatic N) is 1. The van der Waals surface area contributed by atoms with Gasteiger partial charge in [0.15, 0.2) is 0 Å². The maximum atomic E-state index is 13.6. The van der Waals surface area contributed by atoms with Gasteiger partial charge in [0.1, 0.15) is 0 Å². The van der Waals surface area contributed by atoms with Gasteiger partial charge in [0.25, 0.3) is 0 Å². The second-order valence-corrected chi connectivity index (χ2v) is 13.6. The number of nitrogens with one attached hydrogen (secondary N) is 1. The zero-order valence-corrected chi connectivity index (χ0v) is 27.4. The van der Waals surface area contributed by atoms with Gasteiger partial charge in [-0.2, -0.15) is 0 Å². The number of carbonyl (C=O) groups is 1. The molecule has 0 aliphatic heterocycles. The molecule has 0 saturated heterocycles. The summed E-state index contributed by atoms with van der Waals surface area (Å²) >= 11 is -2.75. The summed E-state index contributed by atoms with van der Waals surface area (Å²) in [6.07, 6.45) is 1.99. The van der Waals surface area contributed by atoms with E-state index in [2.05, 4.69) is 4.98 Å². The van der Waals surface area contributed by atoms with Crippen molar-refractivity contribution in [3.05, 3.63) is 183 Å². The Morgan fingerprint density at radius 2 is 1.32 bits per heavy atom. The maximum absolute atomic E-state index is 13.6. The molecule has 240 valence electrons. The monoisotopic (exact) mass is 698 g/mol. The van der Waals surface area contributed by atoms with Crippen LogP contribution in [-0.4, -0.2) is 49.2 Å². The number of carbonyl (C=O) groups excluding carboxylic acids is 1. The SMILES string of the molecule is COC(=O)/C=C\[C@@H](COC(c1ccccc1)(c1ccccc1)c1ccccc1)O[C@H](C[Se](=O)c1ccccc1)n1ccc(=O)[nH]c1=O. The van der Waals surface area contributed by atoms with E-state index >= 15 is 0 Å². The number of rotatable bonds is 14. The summed E-state index contributed by atoms with van der Waals surface area (Å²) in [5.74, 6) is -0.615. The van der Waals surface area contributed by atoms with Crippen LogP contribution in [0.5, 0.6) is 0 Å². The number of esters is 1. The van der Waals surface area contributed by atoms with Crippen molar-refractivity contribution in [2.45, 2.75) is 23.3 Å². The second-order valence-electron chi connectivity index (χ2n) is 10.4. The molecule has 1 unspecified atom stereocenters. The molecule has 9 nitrogen and oxygen atoms in total. The first-order valence-corrected chi connectivity index (χ1v) is 17.6. The van der Waals surface area contributed by atoms with Gasteiger partial charge >= 0.3 is 277 Å². The molecule has 0 amide bonds. The first-order valence-electron chi connectivity index (χ1n) is 14.9. The number of hydrogen-bond donors (Lipinski definition) is 1. The fourth-order valence-electron chi connectivity index (χ4n) is 5.21. The number of ether oxygens (including phenoxy) is 3. The predicted molar refractivity (Wildman–Crippen MR) is 179 cm³/mol. The average molecular weight is 698 g/mol. The summed E-state index contributed by atoms with van der Waals surface area (Å²) in [4.78, 5) is 39.4. The van der Waals surface area contributed by atoms with Crippen molar-refractivity contribution >= 4 is 24.3 Å². The van der Waals surface area contributed by atoms with E-state index in [1.54, 1.807) is 24.3 Å². The van der Waals surface area contributed by atoms with Gasteiger partial charge in [-0.05, 0) is 0 Å². The number of methoxy groups -OCH3 is 1. The minimum atomic E-state index is -2.75. The van der Waals surface area contributed by atoms with Gasteiger partial charge in [-0.15, -0.1) is 0 Å². The van der Waals surface area contributed by atoms with Crippen molar-refractivity contribution < 1.29 is 22.8 Å². The van der Waals surface area contributed by atoms with Gasteiger partial charge in [-0.3, -0.25) is 0 Å². The van der Waals surface area contributed by atoms with Gasteiger partial charge in [0, 0.05) is 0 Å². The zero-order valence-electron chi connectivity index (χ0n) is 25.6. The number of hydrogen-bond acceptors (Lipinski definition) is 7. The van der Waals surface area contributed by atoms with Crippen molar-refractivity contribution in [2.24, 2.45) is 0 Å². The minimum absolute atomic E-state index is 0.0419. The van der Waals surface area contributed by atoms with E-state index in [0.29, 0.717) is 4.46 Å². The molecular formula is C37H34N2O7Se. The number of aromatic nitrogens is 2. The molecule has 0 saturated carbocycles. The molecule has 1 heterocycles. The topological polar surface area (TPSA) is 117 Å². The Kier molecular flexibility index (Phi) is 11.4. The quantitative estimate of drug-likeness (QED) is 0.0788. The summed E-state index contributed by atoms with van der Waals surface area (Å²) in [5, 5.41) is -0.0419. The Balaban J connectivity index is 1.57. The summed E-state index contributed by atoms with van der Waals surface area (Å²) in [7, 11) is 1.26. The molecule has 0 aliphatic rings. The Labute approximate surface area is 276 Å². The van der Waals surface area contributed by atoms with Crippen LogP contribution in [0.15, 0.2) is 155 Å². The van der Waals surface area contributed by atoms with Crippen LogP contribution in [0.4, 0.5) is 0 Å². The summed E-state index contributed by atoms with van der Waals surface area (Å²) in [6.45, 7) is -0.102. The van der Waals surface area contributed by atoms with Crippen molar-refractivity contribution in [3.8, 4) is 0 Å². The van der Waals surface area contributed by atoms with Crippen LogP contribution in [0, 0.1) is 0 Å². The van der Waals surface area contributed by atoms with Crippen molar-refractivity contribution in [3.63, 3.8) is 0 Å². The molecule has 5 rings (SSSR count). The summed E-state index contributed by atoms with van der Waals surface area (Å²) in [6, 6.07) is 39.4. The molecular weight excluding hydrogens is 663 g/mol. The molecule has 0 bridgehead atoms. The zero-order chi connectivity index (χ0) is 33.1. The van der Waals surface area contributed by atoms with Crippen LogP contribution >= 0.6 is 0 Å². The molecule has 0 radical (unpaired) electrons. The third-order valence-corrected chi connectivity index (χ3v) is 10.4. The first-order chi connectivity index (χ1) is 22.9. The van der Waals surface area contributed by atoms with Gasteiger partial charge in [0.2, 0.25) is 0 Å². The van der Waals surface area contributed by atoms with Crippen LogP contribution in [0.1, 0.15) is 22.9 Å². The molecule has 3 atom stereocenters. The molecule has 5 aromatic rings. The van der Waals surface area contributed by atoms with Crippen LogP contribution < -0.4 is 15.7 Å². The first kappa shape index (κ1) is 33.4. The molecule has 0 aliphatic carbocycles. The van der Waals surface area contributed by atoms with Crippen LogP contribution in [0.3, 0.4) is 0 Å². The van der Waals surface area contributed by atoms with E-state index in [1.807, 2.05) is 97.1 Å². The molecule has 4 aromatic carbocycles. The number of aromatic amines is 1. The van der Waals surface area contributed by atoms with E-state index in [1.165, 1.54) is 36.1 Å². The summed E-state index contributed by atoms with van der Waals surface area (Å²) in [5.41, 5.74) is 0.170. The average Bonchev–Trinajstić information content (AvgIpc) is 3.12. The van der Waals surface area contributed by atoms with Gasteiger partial charge < -0.3 is 0 Å². The van der Waals surface area contributed by atoms with E-state index in [9.17, 15) is 18.2 Å². The fourth-order valence-corrected chi connectivity index (χ4v) is 7.62. The predicted octanol–water partition coefficient (Wildman–Crippen LogP) is 4.49. The van der Waals surface area contributed by atoms with Crippen LogP contribution in [0.25, 0.3) is 0 Å². The molecule has 47 heavy (non-hydrogen) atoms. The number of H-pyrrole nitrogens is 1. The van der Waals surface area contributed by atoms with Gasteiger partial charge in [0.05, 0.1) is 0 Å².